The van der Waals surface area contributed by atoms with Crippen molar-refractivity contribution in [2.24, 2.45) is 0 Å². The molecule has 0 spiro atoms. The quantitative estimate of drug-likeness (QED) is 0.654. The number of halogens is 5. The maximum absolute atomic E-state index is 12.5. The molecule has 2 nitrogen and oxygen atoms in total. The minimum Gasteiger partial charge on any atom is -0.426 e. The van der Waals surface area contributed by atoms with E-state index in [4.69, 9.17) is 17.3 Å². The Morgan fingerprint density at radius 2 is 1.93 bits per heavy atom. The lowest BCUT2D eigenvalue weighted by molar-refractivity contribution is -0.252. The van der Waals surface area contributed by atoms with Crippen LogP contribution in [-0.2, 0) is 0 Å². The Morgan fingerprint density at radius 3 is 2.40 bits per heavy atom. The van der Waals surface area contributed by atoms with Crippen molar-refractivity contribution in [2.75, 3.05) is 5.73 Å². The highest BCUT2D eigenvalue weighted by atomic mass is 35.5. The average Bonchev–Trinajstić information content (AvgIpc) is 2.09. The predicted octanol–water partition coefficient (Wildman–Crippen LogP) is 3.16. The highest BCUT2D eigenvalue weighted by molar-refractivity contribution is 6.30. The van der Waals surface area contributed by atoms with Crippen molar-refractivity contribution in [3.05, 3.63) is 23.2 Å². The number of hydrogen-bond donors (Lipinski definition) is 1. The van der Waals surface area contributed by atoms with E-state index in [9.17, 15) is 17.6 Å². The Kier molecular flexibility index (Phi) is 3.28. The standard InChI is InChI=1S/C8H6ClF4NO/c9-4-1-2-6(5(14)3-4)15-8(12,13)7(10)11/h1-3,7H,14H2. The zero-order chi connectivity index (χ0) is 11.6. The first kappa shape index (κ1) is 11.9. The summed E-state index contributed by atoms with van der Waals surface area (Å²) in [6.45, 7) is 0. The van der Waals surface area contributed by atoms with Gasteiger partial charge in [-0.1, -0.05) is 11.6 Å². The minimum atomic E-state index is -4.57. The van der Waals surface area contributed by atoms with E-state index in [0.717, 1.165) is 12.1 Å². The smallest absolute Gasteiger partial charge is 0.426 e. The van der Waals surface area contributed by atoms with Gasteiger partial charge in [-0.25, -0.2) is 0 Å². The third-order valence-electron chi connectivity index (χ3n) is 1.47. The van der Waals surface area contributed by atoms with Gasteiger partial charge in [0, 0.05) is 5.02 Å². The van der Waals surface area contributed by atoms with Crippen LogP contribution >= 0.6 is 11.6 Å². The van der Waals surface area contributed by atoms with Gasteiger partial charge in [-0.3, -0.25) is 0 Å². The van der Waals surface area contributed by atoms with Gasteiger partial charge in [0.2, 0.25) is 0 Å². The molecule has 0 aromatic heterocycles. The Balaban J connectivity index is 2.90. The van der Waals surface area contributed by atoms with Crippen molar-refractivity contribution >= 4 is 17.3 Å². The molecule has 1 aromatic rings. The number of nitrogens with two attached hydrogens (primary N) is 1. The van der Waals surface area contributed by atoms with Crippen LogP contribution in [0.4, 0.5) is 23.2 Å². The number of alkyl halides is 4. The van der Waals surface area contributed by atoms with Gasteiger partial charge in [-0.05, 0) is 18.2 Å². The largest absolute Gasteiger partial charge is 0.461 e. The van der Waals surface area contributed by atoms with Gasteiger partial charge in [-0.2, -0.15) is 17.6 Å². The summed E-state index contributed by atoms with van der Waals surface area (Å²) >= 11 is 5.48. The van der Waals surface area contributed by atoms with Crippen LogP contribution in [-0.4, -0.2) is 12.5 Å². The molecule has 0 aliphatic heterocycles. The molecule has 1 aromatic carbocycles. The molecule has 0 aliphatic carbocycles. The summed E-state index contributed by atoms with van der Waals surface area (Å²) < 4.78 is 52.2. The topological polar surface area (TPSA) is 35.2 Å². The van der Waals surface area contributed by atoms with E-state index in [1.54, 1.807) is 0 Å². The summed E-state index contributed by atoms with van der Waals surface area (Å²) in [4.78, 5) is 0. The monoisotopic (exact) mass is 243 g/mol. The third-order valence-corrected chi connectivity index (χ3v) is 1.71. The van der Waals surface area contributed by atoms with Gasteiger partial charge in [0.05, 0.1) is 5.69 Å². The van der Waals surface area contributed by atoms with Crippen LogP contribution in [0, 0.1) is 0 Å². The van der Waals surface area contributed by atoms with E-state index in [0.29, 0.717) is 0 Å². The van der Waals surface area contributed by atoms with Gasteiger partial charge in [0.25, 0.3) is 0 Å². The molecule has 84 valence electrons. The number of rotatable bonds is 3. The van der Waals surface area contributed by atoms with Crippen LogP contribution in [0.5, 0.6) is 5.75 Å². The number of anilines is 1. The Morgan fingerprint density at radius 1 is 1.33 bits per heavy atom. The first-order chi connectivity index (χ1) is 6.83. The molecule has 15 heavy (non-hydrogen) atoms. The maximum atomic E-state index is 12.5. The lowest BCUT2D eigenvalue weighted by atomic mass is 10.3. The van der Waals surface area contributed by atoms with Gasteiger partial charge < -0.3 is 10.5 Å². The molecule has 0 bridgehead atoms. The normalized spacial score (nSPS) is 11.9. The lowest BCUT2D eigenvalue weighted by Crippen LogP contribution is -2.33. The van der Waals surface area contributed by atoms with Crippen LogP contribution in [0.1, 0.15) is 0 Å². The Labute approximate surface area is 87.6 Å². The molecular weight excluding hydrogens is 238 g/mol. The fraction of sp³-hybridized carbons (Fsp3) is 0.250. The van der Waals surface area contributed by atoms with Crippen molar-refractivity contribution < 1.29 is 22.3 Å². The fourth-order valence-corrected chi connectivity index (χ4v) is 0.984. The summed E-state index contributed by atoms with van der Waals surface area (Å²) in [5.74, 6) is -0.537. The van der Waals surface area contributed by atoms with Gasteiger partial charge in [0.1, 0.15) is 5.75 Å². The van der Waals surface area contributed by atoms with E-state index in [-0.39, 0.29) is 10.7 Å². The van der Waals surface area contributed by atoms with Crippen molar-refractivity contribution in [2.45, 2.75) is 12.5 Å². The second-order valence-corrected chi connectivity index (χ2v) is 3.08. The zero-order valence-electron chi connectivity index (χ0n) is 7.18. The molecule has 0 heterocycles. The molecule has 7 heteroatoms. The summed E-state index contributed by atoms with van der Waals surface area (Å²) in [7, 11) is 0. The molecule has 0 radical (unpaired) electrons. The maximum Gasteiger partial charge on any atom is 0.461 e. The van der Waals surface area contributed by atoms with Crippen molar-refractivity contribution in [3.63, 3.8) is 0 Å². The van der Waals surface area contributed by atoms with E-state index >= 15 is 0 Å². The van der Waals surface area contributed by atoms with Gasteiger partial charge in [0.15, 0.2) is 0 Å². The van der Waals surface area contributed by atoms with Gasteiger partial charge in [-0.15, -0.1) is 0 Å². The molecule has 2 N–H and O–H groups in total. The molecule has 0 fully saturated rings. The van der Waals surface area contributed by atoms with Crippen LogP contribution < -0.4 is 10.5 Å². The molecule has 0 amide bonds. The number of ether oxygens (including phenoxy) is 1. The predicted molar refractivity (Wildman–Crippen MR) is 47.4 cm³/mol. The zero-order valence-corrected chi connectivity index (χ0v) is 7.94. The Hall–Kier alpha value is -1.17. The molecule has 0 saturated carbocycles. The van der Waals surface area contributed by atoms with Crippen molar-refractivity contribution in [3.8, 4) is 5.75 Å². The lowest BCUT2D eigenvalue weighted by Gasteiger charge is -2.17. The first-order valence-corrected chi connectivity index (χ1v) is 4.10. The van der Waals surface area contributed by atoms with E-state index in [2.05, 4.69) is 4.74 Å². The summed E-state index contributed by atoms with van der Waals surface area (Å²) in [6.07, 6.45) is -8.49. The highest BCUT2D eigenvalue weighted by Crippen LogP contribution is 2.32. The summed E-state index contributed by atoms with van der Waals surface area (Å²) in [6, 6.07) is 3.32. The number of benzene rings is 1. The number of nitrogen functional groups attached to an aromatic ring is 1. The van der Waals surface area contributed by atoms with Crippen LogP contribution in [0.2, 0.25) is 5.02 Å². The average molecular weight is 244 g/mol. The SMILES string of the molecule is Nc1cc(Cl)ccc1OC(F)(F)C(F)F. The third kappa shape index (κ3) is 2.89. The van der Waals surface area contributed by atoms with Crippen LogP contribution in [0.15, 0.2) is 18.2 Å². The van der Waals surface area contributed by atoms with Crippen molar-refractivity contribution in [1.29, 1.82) is 0 Å². The molecule has 1 rings (SSSR count). The van der Waals surface area contributed by atoms with E-state index in [1.807, 2.05) is 0 Å². The molecule has 0 aliphatic rings. The molecule has 0 unspecified atom stereocenters. The molecular formula is C8H6ClF4NO. The van der Waals surface area contributed by atoms with Gasteiger partial charge >= 0.3 is 12.5 Å². The van der Waals surface area contributed by atoms with E-state index in [1.165, 1.54) is 6.07 Å². The summed E-state index contributed by atoms with van der Waals surface area (Å²) in [5, 5.41) is 0.195. The number of hydrogen-bond acceptors (Lipinski definition) is 2. The fourth-order valence-electron chi connectivity index (χ4n) is 0.803. The summed E-state index contributed by atoms with van der Waals surface area (Å²) in [5.41, 5.74) is 5.01. The van der Waals surface area contributed by atoms with E-state index < -0.39 is 18.3 Å². The second kappa shape index (κ2) is 4.14. The van der Waals surface area contributed by atoms with Crippen LogP contribution in [0.25, 0.3) is 0 Å². The first-order valence-electron chi connectivity index (χ1n) is 3.73. The molecule has 0 atom stereocenters. The molecule has 0 saturated heterocycles. The van der Waals surface area contributed by atoms with Crippen molar-refractivity contribution in [1.82, 2.24) is 0 Å². The highest BCUT2D eigenvalue weighted by Gasteiger charge is 2.44. The van der Waals surface area contributed by atoms with Crippen LogP contribution in [0.3, 0.4) is 0 Å². The minimum absolute atomic E-state index is 0.195. The Bertz CT molecular complexity index is 358. The second-order valence-electron chi connectivity index (χ2n) is 2.65.